The van der Waals surface area contributed by atoms with E-state index in [4.69, 9.17) is 19.9 Å². The maximum absolute atomic E-state index is 5.33. The van der Waals surface area contributed by atoms with E-state index >= 15 is 0 Å². The van der Waals surface area contributed by atoms with Crippen LogP contribution in [0, 0.1) is 0 Å². The molecule has 0 amide bonds. The summed E-state index contributed by atoms with van der Waals surface area (Å²) in [6.45, 7) is 0. The predicted molar refractivity (Wildman–Crippen MR) is 236 cm³/mol. The molecule has 4 heterocycles. The minimum absolute atomic E-state index is 0.674. The first kappa shape index (κ1) is 32.6. The number of hydrogen-bond acceptors (Lipinski definition) is 6. The number of fused-ring (bicyclic) bond motifs is 6. The zero-order valence-electron chi connectivity index (χ0n) is 29.9. The Hall–Kier alpha value is -6.86. The van der Waals surface area contributed by atoms with E-state index in [-0.39, 0.29) is 0 Å². The topological polar surface area (TPSA) is 51.6 Å². The average molecular weight is 751 g/mol. The molecule has 0 saturated carbocycles. The molecule has 0 fully saturated rings. The van der Waals surface area contributed by atoms with Gasteiger partial charge < -0.3 is 0 Å². The Bertz CT molecular complexity index is 3010. The highest BCUT2D eigenvalue weighted by atomic mass is 32.1. The van der Waals surface area contributed by atoms with Crippen molar-refractivity contribution in [2.75, 3.05) is 0 Å². The smallest absolute Gasteiger partial charge is 0.161 e. The molecule has 11 aromatic rings. The van der Waals surface area contributed by atoms with Crippen LogP contribution in [-0.2, 0) is 0 Å². The lowest BCUT2D eigenvalue weighted by Crippen LogP contribution is -1.96. The monoisotopic (exact) mass is 750 g/mol. The number of rotatable bonds is 6. The zero-order valence-corrected chi connectivity index (χ0v) is 31.6. The Kier molecular flexibility index (Phi) is 7.83. The molecule has 262 valence electrons. The maximum atomic E-state index is 5.33. The van der Waals surface area contributed by atoms with Gasteiger partial charge in [-0.2, -0.15) is 0 Å². The Balaban J connectivity index is 1.05. The van der Waals surface area contributed by atoms with Crippen LogP contribution in [0.4, 0.5) is 0 Å². The Morgan fingerprint density at radius 3 is 1.09 bits per heavy atom. The van der Waals surface area contributed by atoms with Crippen LogP contribution in [0.15, 0.2) is 182 Å². The second kappa shape index (κ2) is 13.5. The largest absolute Gasteiger partial charge is 0.227 e. The van der Waals surface area contributed by atoms with E-state index in [1.54, 1.807) is 22.7 Å². The van der Waals surface area contributed by atoms with Crippen molar-refractivity contribution >= 4 is 63.3 Å². The van der Waals surface area contributed by atoms with Gasteiger partial charge in [-0.1, -0.05) is 164 Å². The van der Waals surface area contributed by atoms with E-state index in [1.807, 2.05) is 12.1 Å². The van der Waals surface area contributed by atoms with Crippen molar-refractivity contribution in [3.8, 4) is 67.5 Å². The van der Waals surface area contributed by atoms with Crippen LogP contribution in [0.5, 0.6) is 0 Å². The quantitative estimate of drug-likeness (QED) is 0.170. The van der Waals surface area contributed by atoms with Gasteiger partial charge in [-0.05, 0) is 40.5 Å². The molecule has 0 aliphatic heterocycles. The molecule has 4 aromatic heterocycles. The molecule has 56 heavy (non-hydrogen) atoms. The minimum atomic E-state index is 0.674. The summed E-state index contributed by atoms with van der Waals surface area (Å²) in [4.78, 5) is 23.0. The Morgan fingerprint density at radius 1 is 0.286 bits per heavy atom. The normalized spacial score (nSPS) is 11.6. The van der Waals surface area contributed by atoms with Crippen LogP contribution in [0.2, 0.25) is 0 Å². The highest BCUT2D eigenvalue weighted by molar-refractivity contribution is 7.26. The number of benzene rings is 7. The van der Waals surface area contributed by atoms with E-state index in [1.165, 1.54) is 42.4 Å². The van der Waals surface area contributed by atoms with E-state index < -0.39 is 0 Å². The first-order valence-corrected chi connectivity index (χ1v) is 20.2. The summed E-state index contributed by atoms with van der Waals surface area (Å²) in [7, 11) is 0. The Morgan fingerprint density at radius 2 is 0.643 bits per heavy atom. The zero-order chi connectivity index (χ0) is 37.0. The molecule has 7 aromatic carbocycles. The highest BCUT2D eigenvalue weighted by Gasteiger charge is 2.20. The second-order valence-electron chi connectivity index (χ2n) is 13.8. The van der Waals surface area contributed by atoms with E-state index in [9.17, 15) is 0 Å². The van der Waals surface area contributed by atoms with Crippen LogP contribution in [0.25, 0.3) is 108 Å². The van der Waals surface area contributed by atoms with Crippen molar-refractivity contribution in [1.82, 2.24) is 19.9 Å². The van der Waals surface area contributed by atoms with Gasteiger partial charge in [0.2, 0.25) is 0 Å². The van der Waals surface area contributed by atoms with Crippen LogP contribution in [0.3, 0.4) is 0 Å². The molecular formula is C50H30N4S2. The molecular weight excluding hydrogens is 721 g/mol. The summed E-state index contributed by atoms with van der Waals surface area (Å²) in [5.41, 5.74) is 10.5. The summed E-state index contributed by atoms with van der Waals surface area (Å²) < 4.78 is 2.39. The van der Waals surface area contributed by atoms with Crippen molar-refractivity contribution < 1.29 is 0 Å². The average Bonchev–Trinajstić information content (AvgIpc) is 3.85. The fourth-order valence-electron chi connectivity index (χ4n) is 7.62. The number of aromatic nitrogens is 4. The van der Waals surface area contributed by atoms with Gasteiger partial charge >= 0.3 is 0 Å². The van der Waals surface area contributed by atoms with Crippen molar-refractivity contribution in [3.05, 3.63) is 182 Å². The van der Waals surface area contributed by atoms with Gasteiger partial charge in [-0.15, -0.1) is 22.7 Å². The molecule has 0 spiro atoms. The fraction of sp³-hybridized carbons (Fsp3) is 0. The van der Waals surface area contributed by atoms with Crippen molar-refractivity contribution in [2.24, 2.45) is 0 Å². The van der Waals surface area contributed by atoms with Crippen LogP contribution in [-0.4, -0.2) is 19.9 Å². The molecule has 0 N–H and O–H groups in total. The summed E-state index contributed by atoms with van der Waals surface area (Å²) in [6.07, 6.45) is 0. The van der Waals surface area contributed by atoms with E-state index in [2.05, 4.69) is 170 Å². The molecule has 11 rings (SSSR count). The van der Waals surface area contributed by atoms with Crippen LogP contribution in [0.1, 0.15) is 0 Å². The van der Waals surface area contributed by atoms with E-state index in [0.717, 1.165) is 54.1 Å². The number of nitrogens with zero attached hydrogens (tertiary/aromatic N) is 4. The standard InChI is InChI=1S/C50H30N4S2/c1-3-12-31(13-4-1)33-22-26-35(27-23-33)45-43-39-18-7-9-20-41(39)55-49(43)53-47(51-45)37-16-11-17-38(30-37)48-52-46(44-40-19-8-10-21-42(40)56-50(44)54-48)36-28-24-34(25-29-36)32-14-5-2-6-15-32/h1-30H. The lowest BCUT2D eigenvalue weighted by Gasteiger charge is -2.11. The lowest BCUT2D eigenvalue weighted by molar-refractivity contribution is 1.23. The van der Waals surface area contributed by atoms with Crippen molar-refractivity contribution in [2.45, 2.75) is 0 Å². The Labute approximate surface area is 331 Å². The molecule has 0 atom stereocenters. The highest BCUT2D eigenvalue weighted by Crippen LogP contribution is 2.42. The fourth-order valence-corrected chi connectivity index (χ4v) is 9.77. The lowest BCUT2D eigenvalue weighted by atomic mass is 10.0. The molecule has 0 aliphatic carbocycles. The third-order valence-electron chi connectivity index (χ3n) is 10.4. The molecule has 0 unspecified atom stereocenters. The maximum Gasteiger partial charge on any atom is 0.161 e. The third-order valence-corrected chi connectivity index (χ3v) is 12.5. The summed E-state index contributed by atoms with van der Waals surface area (Å²) in [5.74, 6) is 1.35. The first-order valence-electron chi connectivity index (χ1n) is 18.5. The molecule has 0 aliphatic rings. The number of thiophene rings is 2. The van der Waals surface area contributed by atoms with Gasteiger partial charge in [0.25, 0.3) is 0 Å². The molecule has 0 bridgehead atoms. The predicted octanol–water partition coefficient (Wildman–Crippen LogP) is 14.0. The van der Waals surface area contributed by atoms with Gasteiger partial charge in [-0.3, -0.25) is 0 Å². The van der Waals surface area contributed by atoms with Crippen molar-refractivity contribution in [3.63, 3.8) is 0 Å². The van der Waals surface area contributed by atoms with Gasteiger partial charge in [0.1, 0.15) is 9.66 Å². The van der Waals surface area contributed by atoms with Gasteiger partial charge in [0.15, 0.2) is 11.6 Å². The third kappa shape index (κ3) is 5.66. The number of hydrogen-bond donors (Lipinski definition) is 0. The van der Waals surface area contributed by atoms with Gasteiger partial charge in [0, 0.05) is 53.2 Å². The van der Waals surface area contributed by atoms with E-state index in [0.29, 0.717) is 11.6 Å². The van der Waals surface area contributed by atoms with Crippen molar-refractivity contribution in [1.29, 1.82) is 0 Å². The molecule has 0 radical (unpaired) electrons. The summed E-state index contributed by atoms with van der Waals surface area (Å²) in [5, 5.41) is 4.51. The second-order valence-corrected chi connectivity index (χ2v) is 15.9. The summed E-state index contributed by atoms with van der Waals surface area (Å²) in [6, 6.07) is 63.8. The van der Waals surface area contributed by atoms with Gasteiger partial charge in [0.05, 0.1) is 11.4 Å². The molecule has 6 heteroatoms. The molecule has 0 saturated heterocycles. The first-order chi connectivity index (χ1) is 27.7. The minimum Gasteiger partial charge on any atom is -0.227 e. The van der Waals surface area contributed by atoms with Crippen LogP contribution >= 0.6 is 22.7 Å². The molecule has 4 nitrogen and oxygen atoms in total. The van der Waals surface area contributed by atoms with Gasteiger partial charge in [-0.25, -0.2) is 19.9 Å². The van der Waals surface area contributed by atoms with Crippen LogP contribution < -0.4 is 0 Å². The summed E-state index contributed by atoms with van der Waals surface area (Å²) >= 11 is 3.42. The SMILES string of the molecule is c1ccc(-c2ccc(-c3nc(-c4cccc(-c5nc(-c6ccc(-c7ccccc7)cc6)c6c(n5)sc5ccccc56)c4)nc4sc5ccccc5c34)cc2)cc1.